The second kappa shape index (κ2) is 9.16. The number of fused-ring (bicyclic) bond motifs is 3. The Hall–Kier alpha value is -3.51. The lowest BCUT2D eigenvalue weighted by molar-refractivity contribution is -0.155. The van der Waals surface area contributed by atoms with Crippen molar-refractivity contribution < 1.29 is 14.1 Å². The molecule has 0 aliphatic carbocycles. The minimum absolute atomic E-state index is 0.0632. The van der Waals surface area contributed by atoms with E-state index in [0.717, 1.165) is 39.2 Å². The predicted octanol–water partition coefficient (Wildman–Crippen LogP) is 5.25. The number of aryl methyl sites for hydroxylation is 1. The quantitative estimate of drug-likeness (QED) is 0.544. The van der Waals surface area contributed by atoms with Crippen molar-refractivity contribution in [1.29, 1.82) is 0 Å². The van der Waals surface area contributed by atoms with Gasteiger partial charge in [-0.05, 0) is 38.8 Å². The number of carbonyl (C=O) groups excluding carboxylic acids is 1. The van der Waals surface area contributed by atoms with Crippen LogP contribution >= 0.6 is 0 Å². The van der Waals surface area contributed by atoms with Gasteiger partial charge < -0.3 is 15.0 Å². The normalized spacial score (nSPS) is 15.5. The number of nitrogens with zero attached hydrogens (tertiary/aromatic N) is 2. The van der Waals surface area contributed by atoms with Crippen LogP contribution in [0.15, 0.2) is 64.1 Å². The smallest absolute Gasteiger partial charge is 0.308 e. The molecule has 1 aromatic heterocycles. The standard InChI is InChI=1S/C27H29N3O3/c1-17-24-20-9-5-6-10-21(20)25(19-13-11-18(12-14-19)8-7-15-28)29-22(26(24)33-30-17)16-23(31)32-27(2,3)4/h5-14,22H,15-16,28H2,1-4H3/b8-7+/t22-/m0/s1. The molecule has 3 aromatic rings. The second-order valence-electron chi connectivity index (χ2n) is 9.10. The summed E-state index contributed by atoms with van der Waals surface area (Å²) in [5.41, 5.74) is 11.4. The minimum Gasteiger partial charge on any atom is -0.460 e. The number of hydrogen-bond acceptors (Lipinski definition) is 6. The third kappa shape index (κ3) is 4.96. The van der Waals surface area contributed by atoms with E-state index in [2.05, 4.69) is 5.16 Å². The van der Waals surface area contributed by atoms with Crippen molar-refractivity contribution in [3.8, 4) is 11.1 Å². The monoisotopic (exact) mass is 443 g/mol. The van der Waals surface area contributed by atoms with Crippen LogP contribution in [-0.2, 0) is 9.53 Å². The maximum atomic E-state index is 12.7. The van der Waals surface area contributed by atoms with Crippen LogP contribution < -0.4 is 5.73 Å². The molecule has 0 radical (unpaired) electrons. The summed E-state index contributed by atoms with van der Waals surface area (Å²) in [6.45, 7) is 7.97. The average molecular weight is 444 g/mol. The maximum Gasteiger partial charge on any atom is 0.308 e. The highest BCUT2D eigenvalue weighted by Gasteiger charge is 2.32. The van der Waals surface area contributed by atoms with Gasteiger partial charge in [0.15, 0.2) is 5.76 Å². The minimum atomic E-state index is -0.579. The third-order valence-electron chi connectivity index (χ3n) is 5.34. The Labute approximate surface area is 194 Å². The van der Waals surface area contributed by atoms with E-state index in [1.165, 1.54) is 0 Å². The summed E-state index contributed by atoms with van der Waals surface area (Å²) in [6.07, 6.45) is 3.97. The van der Waals surface area contributed by atoms with Gasteiger partial charge in [-0.2, -0.15) is 0 Å². The van der Waals surface area contributed by atoms with Crippen molar-refractivity contribution in [3.63, 3.8) is 0 Å². The zero-order chi connectivity index (χ0) is 23.6. The fraction of sp³-hybridized carbons (Fsp3) is 0.296. The highest BCUT2D eigenvalue weighted by atomic mass is 16.6. The van der Waals surface area contributed by atoms with Gasteiger partial charge in [-0.1, -0.05) is 65.8 Å². The van der Waals surface area contributed by atoms with Crippen molar-refractivity contribution in [1.82, 2.24) is 5.16 Å². The molecule has 2 N–H and O–H groups in total. The first-order valence-electron chi connectivity index (χ1n) is 11.1. The summed E-state index contributed by atoms with van der Waals surface area (Å²) in [5.74, 6) is 0.257. The molecule has 1 atom stereocenters. The Morgan fingerprint density at radius 3 is 2.48 bits per heavy atom. The van der Waals surface area contributed by atoms with E-state index in [-0.39, 0.29) is 12.4 Å². The molecule has 6 heteroatoms. The van der Waals surface area contributed by atoms with E-state index in [0.29, 0.717) is 12.3 Å². The van der Waals surface area contributed by atoms with Crippen molar-refractivity contribution >= 4 is 17.8 Å². The molecule has 0 unspecified atom stereocenters. The lowest BCUT2D eigenvalue weighted by atomic mass is 9.92. The molecule has 0 bridgehead atoms. The van der Waals surface area contributed by atoms with E-state index in [1.54, 1.807) is 0 Å². The van der Waals surface area contributed by atoms with Crippen molar-refractivity contribution in [2.24, 2.45) is 10.7 Å². The van der Waals surface area contributed by atoms with Crippen molar-refractivity contribution in [3.05, 3.63) is 82.8 Å². The molecule has 2 heterocycles. The molecule has 0 saturated carbocycles. The fourth-order valence-electron chi connectivity index (χ4n) is 4.00. The van der Waals surface area contributed by atoms with E-state index >= 15 is 0 Å². The Bertz CT molecular complexity index is 1210. The summed E-state index contributed by atoms with van der Waals surface area (Å²) >= 11 is 0. The topological polar surface area (TPSA) is 90.7 Å². The van der Waals surface area contributed by atoms with E-state index in [1.807, 2.05) is 88.4 Å². The second-order valence-corrected chi connectivity index (χ2v) is 9.10. The molecule has 0 fully saturated rings. The van der Waals surface area contributed by atoms with E-state index in [9.17, 15) is 4.79 Å². The Kier molecular flexibility index (Phi) is 6.29. The number of rotatable bonds is 5. The van der Waals surface area contributed by atoms with Crippen LogP contribution in [0.5, 0.6) is 0 Å². The Morgan fingerprint density at radius 2 is 1.82 bits per heavy atom. The van der Waals surface area contributed by atoms with Crippen LogP contribution in [0.1, 0.15) is 61.4 Å². The van der Waals surface area contributed by atoms with Gasteiger partial charge in [0.05, 0.1) is 23.4 Å². The summed E-state index contributed by atoms with van der Waals surface area (Å²) in [5, 5.41) is 4.19. The number of esters is 1. The molecule has 2 aromatic carbocycles. The zero-order valence-corrected chi connectivity index (χ0v) is 19.5. The predicted molar refractivity (Wildman–Crippen MR) is 130 cm³/mol. The maximum absolute atomic E-state index is 12.7. The number of nitrogens with two attached hydrogens (primary N) is 1. The molecule has 170 valence electrons. The Balaban J connectivity index is 1.83. The highest BCUT2D eigenvalue weighted by Crippen LogP contribution is 2.41. The van der Waals surface area contributed by atoms with Gasteiger partial charge >= 0.3 is 5.97 Å². The van der Waals surface area contributed by atoms with Crippen LogP contribution in [0, 0.1) is 6.92 Å². The first-order valence-corrected chi connectivity index (χ1v) is 11.1. The van der Waals surface area contributed by atoms with Gasteiger partial charge in [0.2, 0.25) is 0 Å². The molecule has 1 aliphatic heterocycles. The van der Waals surface area contributed by atoms with Crippen LogP contribution in [0.3, 0.4) is 0 Å². The first-order chi connectivity index (χ1) is 15.8. The summed E-state index contributed by atoms with van der Waals surface area (Å²) in [7, 11) is 0. The van der Waals surface area contributed by atoms with Gasteiger partial charge in [0.25, 0.3) is 0 Å². The average Bonchev–Trinajstić information content (AvgIpc) is 3.09. The van der Waals surface area contributed by atoms with Gasteiger partial charge in [-0.3, -0.25) is 9.79 Å². The molecule has 0 saturated heterocycles. The van der Waals surface area contributed by atoms with Crippen LogP contribution in [0.25, 0.3) is 17.2 Å². The molecule has 4 rings (SSSR count). The first kappa shape index (κ1) is 22.7. The van der Waals surface area contributed by atoms with Gasteiger partial charge in [0.1, 0.15) is 11.6 Å². The molecule has 0 spiro atoms. The molecule has 33 heavy (non-hydrogen) atoms. The van der Waals surface area contributed by atoms with Crippen LogP contribution in [0.2, 0.25) is 0 Å². The van der Waals surface area contributed by atoms with Crippen LogP contribution in [0.4, 0.5) is 0 Å². The molecule has 0 amide bonds. The number of aliphatic imine (C=N–C) groups is 1. The third-order valence-corrected chi connectivity index (χ3v) is 5.34. The van der Waals surface area contributed by atoms with Crippen molar-refractivity contribution in [2.45, 2.75) is 45.8 Å². The van der Waals surface area contributed by atoms with Crippen molar-refractivity contribution in [2.75, 3.05) is 6.54 Å². The van der Waals surface area contributed by atoms with Crippen LogP contribution in [-0.4, -0.2) is 29.0 Å². The number of aromatic nitrogens is 1. The van der Waals surface area contributed by atoms with Gasteiger partial charge in [-0.15, -0.1) is 0 Å². The Morgan fingerprint density at radius 1 is 1.12 bits per heavy atom. The largest absolute Gasteiger partial charge is 0.460 e. The summed E-state index contributed by atoms with van der Waals surface area (Å²) < 4.78 is 11.3. The van der Waals surface area contributed by atoms with Gasteiger partial charge in [-0.25, -0.2) is 0 Å². The zero-order valence-electron chi connectivity index (χ0n) is 19.5. The molecular weight excluding hydrogens is 414 g/mol. The number of carbonyl (C=O) groups is 1. The number of ether oxygens (including phenoxy) is 1. The molecular formula is C27H29N3O3. The highest BCUT2D eigenvalue weighted by molar-refractivity contribution is 6.17. The molecule has 6 nitrogen and oxygen atoms in total. The number of benzene rings is 2. The lowest BCUT2D eigenvalue weighted by Gasteiger charge is -2.20. The lowest BCUT2D eigenvalue weighted by Crippen LogP contribution is -2.24. The number of hydrogen-bond donors (Lipinski definition) is 1. The SMILES string of the molecule is Cc1noc2c1-c1ccccc1C(c1ccc(/C=C/CN)cc1)=N[C@H]2CC(=O)OC(C)(C)C. The van der Waals surface area contributed by atoms with Gasteiger partial charge in [0, 0.05) is 17.7 Å². The van der Waals surface area contributed by atoms with E-state index in [4.69, 9.17) is 20.0 Å². The molecule has 1 aliphatic rings. The summed E-state index contributed by atoms with van der Waals surface area (Å²) in [4.78, 5) is 17.8. The fourth-order valence-corrected chi connectivity index (χ4v) is 4.00. The summed E-state index contributed by atoms with van der Waals surface area (Å²) in [6, 6.07) is 15.7. The van der Waals surface area contributed by atoms with E-state index < -0.39 is 11.6 Å².